The van der Waals surface area contributed by atoms with E-state index in [9.17, 15) is 5.26 Å². The smallest absolute Gasteiger partial charge is 0.0991 e. The summed E-state index contributed by atoms with van der Waals surface area (Å²) in [6.45, 7) is 0. The summed E-state index contributed by atoms with van der Waals surface area (Å²) in [7, 11) is 0. The van der Waals surface area contributed by atoms with Gasteiger partial charge >= 0.3 is 0 Å². The molecule has 3 nitrogen and oxygen atoms in total. The number of fused-ring (bicyclic) bond motifs is 6. The molecular weight excluding hydrogens is 486 g/mol. The summed E-state index contributed by atoms with van der Waals surface area (Å²) in [4.78, 5) is 0. The maximum atomic E-state index is 9.70. The van der Waals surface area contributed by atoms with Gasteiger partial charge in [-0.05, 0) is 73.0 Å². The van der Waals surface area contributed by atoms with Crippen LogP contribution in [0.4, 0.5) is 0 Å². The molecular formula is C37H25N3. The van der Waals surface area contributed by atoms with Crippen molar-refractivity contribution in [2.45, 2.75) is 12.8 Å². The minimum absolute atomic E-state index is 0.674. The number of allylic oxidation sites excluding steroid dienone is 4. The maximum absolute atomic E-state index is 9.70. The van der Waals surface area contributed by atoms with E-state index in [1.165, 1.54) is 38.2 Å². The quantitative estimate of drug-likeness (QED) is 0.233. The monoisotopic (exact) mass is 511 g/mol. The van der Waals surface area contributed by atoms with Crippen molar-refractivity contribution in [2.75, 3.05) is 0 Å². The van der Waals surface area contributed by atoms with Gasteiger partial charge in [-0.15, -0.1) is 0 Å². The number of rotatable bonds is 3. The average molecular weight is 512 g/mol. The van der Waals surface area contributed by atoms with E-state index >= 15 is 0 Å². The summed E-state index contributed by atoms with van der Waals surface area (Å²) in [6.07, 6.45) is 8.77. The van der Waals surface area contributed by atoms with Crippen LogP contribution in [0.3, 0.4) is 0 Å². The molecule has 0 fully saturated rings. The van der Waals surface area contributed by atoms with Crippen LogP contribution in [0, 0.1) is 11.3 Å². The number of hydrogen-bond donors (Lipinski definition) is 0. The fourth-order valence-electron chi connectivity index (χ4n) is 6.41. The zero-order valence-electron chi connectivity index (χ0n) is 21.9. The third kappa shape index (κ3) is 3.30. The van der Waals surface area contributed by atoms with Crippen LogP contribution in [0.2, 0.25) is 0 Å². The molecule has 0 spiro atoms. The van der Waals surface area contributed by atoms with Crippen LogP contribution < -0.4 is 0 Å². The summed E-state index contributed by atoms with van der Waals surface area (Å²) < 4.78 is 4.74. The Kier molecular flexibility index (Phi) is 5.02. The van der Waals surface area contributed by atoms with Crippen molar-refractivity contribution in [3.8, 4) is 17.4 Å². The summed E-state index contributed by atoms with van der Waals surface area (Å²) in [6, 6.07) is 41.1. The predicted octanol–water partition coefficient (Wildman–Crippen LogP) is 9.49. The summed E-state index contributed by atoms with van der Waals surface area (Å²) in [5.74, 6) is 0. The maximum Gasteiger partial charge on any atom is 0.0991 e. The number of nitriles is 1. The first-order valence-corrected chi connectivity index (χ1v) is 13.8. The van der Waals surface area contributed by atoms with E-state index in [0.29, 0.717) is 5.56 Å². The third-order valence-electron chi connectivity index (χ3n) is 8.17. The molecule has 1 aliphatic rings. The number of nitrogens with zero attached hydrogens (tertiary/aromatic N) is 3. The summed E-state index contributed by atoms with van der Waals surface area (Å²) in [5.41, 5.74) is 9.89. The molecule has 8 rings (SSSR count). The highest BCUT2D eigenvalue weighted by Gasteiger charge is 2.19. The van der Waals surface area contributed by atoms with Crippen LogP contribution in [0.25, 0.3) is 60.6 Å². The first-order valence-electron chi connectivity index (χ1n) is 13.8. The van der Waals surface area contributed by atoms with E-state index in [1.54, 1.807) is 0 Å². The lowest BCUT2D eigenvalue weighted by Gasteiger charge is -2.17. The van der Waals surface area contributed by atoms with Crippen molar-refractivity contribution in [3.63, 3.8) is 0 Å². The molecule has 40 heavy (non-hydrogen) atoms. The molecule has 3 heteroatoms. The van der Waals surface area contributed by atoms with Gasteiger partial charge in [0.2, 0.25) is 0 Å². The van der Waals surface area contributed by atoms with Gasteiger partial charge in [0.15, 0.2) is 0 Å². The summed E-state index contributed by atoms with van der Waals surface area (Å²) >= 11 is 0. The van der Waals surface area contributed by atoms with Gasteiger partial charge in [-0.1, -0.05) is 72.8 Å². The van der Waals surface area contributed by atoms with Gasteiger partial charge in [-0.3, -0.25) is 0 Å². The van der Waals surface area contributed by atoms with Crippen molar-refractivity contribution in [2.24, 2.45) is 0 Å². The van der Waals surface area contributed by atoms with E-state index in [4.69, 9.17) is 0 Å². The van der Waals surface area contributed by atoms with Crippen molar-refractivity contribution in [3.05, 3.63) is 139 Å². The lowest BCUT2D eigenvalue weighted by molar-refractivity contribution is 1.04. The van der Waals surface area contributed by atoms with Gasteiger partial charge in [-0.25, -0.2) is 0 Å². The standard InChI is InChI=1S/C37H25N3/c38-24-25-18-20-36(31(22-25)26-10-2-1-3-11-26)40-35-17-9-6-14-30(35)32-23-27(19-21-37(32)40)39-33-15-7-4-12-28(33)29-13-5-8-16-34(29)39/h2,4-23H,1,3H2. The highest BCUT2D eigenvalue weighted by molar-refractivity contribution is 6.12. The molecule has 0 aliphatic heterocycles. The molecule has 0 atom stereocenters. The molecule has 0 radical (unpaired) electrons. The second kappa shape index (κ2) is 8.86. The highest BCUT2D eigenvalue weighted by Crippen LogP contribution is 2.38. The van der Waals surface area contributed by atoms with Crippen LogP contribution in [0.5, 0.6) is 0 Å². The molecule has 0 N–H and O–H groups in total. The largest absolute Gasteiger partial charge is 0.309 e. The van der Waals surface area contributed by atoms with Gasteiger partial charge in [0.05, 0.1) is 39.4 Å². The van der Waals surface area contributed by atoms with Crippen molar-refractivity contribution >= 4 is 49.2 Å². The minimum Gasteiger partial charge on any atom is -0.309 e. The molecule has 188 valence electrons. The Morgan fingerprint density at radius 2 is 1.20 bits per heavy atom. The van der Waals surface area contributed by atoms with Crippen LogP contribution in [0.1, 0.15) is 24.0 Å². The highest BCUT2D eigenvalue weighted by atomic mass is 15.0. The van der Waals surface area contributed by atoms with Crippen molar-refractivity contribution in [1.29, 1.82) is 5.26 Å². The van der Waals surface area contributed by atoms with E-state index in [0.717, 1.165) is 40.8 Å². The van der Waals surface area contributed by atoms with Crippen LogP contribution >= 0.6 is 0 Å². The minimum atomic E-state index is 0.674. The second-order valence-electron chi connectivity index (χ2n) is 10.4. The molecule has 1 aliphatic carbocycles. The molecule has 0 saturated carbocycles. The molecule has 0 amide bonds. The fourth-order valence-corrected chi connectivity index (χ4v) is 6.41. The normalized spacial score (nSPS) is 13.3. The van der Waals surface area contributed by atoms with Gasteiger partial charge < -0.3 is 9.13 Å². The SMILES string of the molecule is N#Cc1ccc(-n2c3ccccc3c3cc(-n4c5ccccc5c5ccccc54)ccc32)c(C2=CCCC=C2)c1. The van der Waals surface area contributed by atoms with Crippen molar-refractivity contribution in [1.82, 2.24) is 9.13 Å². The molecule has 0 bridgehead atoms. The molecule has 2 aromatic heterocycles. The molecule has 5 aromatic carbocycles. The molecule has 7 aromatic rings. The Morgan fingerprint density at radius 3 is 1.85 bits per heavy atom. The number of hydrogen-bond acceptors (Lipinski definition) is 1. The molecule has 0 unspecified atom stereocenters. The topological polar surface area (TPSA) is 33.6 Å². The number of para-hydroxylation sites is 3. The summed E-state index contributed by atoms with van der Waals surface area (Å²) in [5, 5.41) is 14.6. The van der Waals surface area contributed by atoms with E-state index in [1.807, 2.05) is 12.1 Å². The van der Waals surface area contributed by atoms with Crippen molar-refractivity contribution < 1.29 is 0 Å². The fraction of sp³-hybridized carbons (Fsp3) is 0.0541. The Labute approximate surface area is 232 Å². The zero-order chi connectivity index (χ0) is 26.6. The number of aromatic nitrogens is 2. The van der Waals surface area contributed by atoms with Crippen LogP contribution in [0.15, 0.2) is 127 Å². The van der Waals surface area contributed by atoms with Crippen LogP contribution in [-0.4, -0.2) is 9.13 Å². The van der Waals surface area contributed by atoms with Gasteiger partial charge in [0.25, 0.3) is 0 Å². The van der Waals surface area contributed by atoms with E-state index in [2.05, 4.69) is 130 Å². The van der Waals surface area contributed by atoms with Gasteiger partial charge in [-0.2, -0.15) is 5.26 Å². The van der Waals surface area contributed by atoms with Crippen LogP contribution in [-0.2, 0) is 0 Å². The third-order valence-corrected chi connectivity index (χ3v) is 8.17. The first-order chi connectivity index (χ1) is 19.8. The predicted molar refractivity (Wildman–Crippen MR) is 166 cm³/mol. The van der Waals surface area contributed by atoms with Gasteiger partial charge in [0, 0.05) is 32.8 Å². The van der Waals surface area contributed by atoms with E-state index < -0.39 is 0 Å². The Bertz CT molecular complexity index is 2180. The Hall–Kier alpha value is -5.33. The zero-order valence-corrected chi connectivity index (χ0v) is 21.9. The van der Waals surface area contributed by atoms with E-state index in [-0.39, 0.29) is 0 Å². The Balaban J connectivity index is 1.43. The second-order valence-corrected chi connectivity index (χ2v) is 10.4. The lowest BCUT2D eigenvalue weighted by atomic mass is 9.96. The first kappa shape index (κ1) is 22.6. The molecule has 0 saturated heterocycles. The molecule has 2 heterocycles. The Morgan fingerprint density at radius 1 is 0.575 bits per heavy atom. The van der Waals surface area contributed by atoms with Gasteiger partial charge in [0.1, 0.15) is 0 Å². The lowest BCUT2D eigenvalue weighted by Crippen LogP contribution is -2.01. The average Bonchev–Trinajstić information content (AvgIpc) is 3.54. The number of benzene rings is 5.